The van der Waals surface area contributed by atoms with Crippen molar-refractivity contribution >= 4 is 11.8 Å². The SMILES string of the molecule is CCC(C)C1C(=O)NC(C)C(=O)N1Cc1cccnc1. The van der Waals surface area contributed by atoms with Crippen LogP contribution in [0.1, 0.15) is 32.8 Å². The van der Waals surface area contributed by atoms with Crippen molar-refractivity contribution in [2.45, 2.75) is 45.8 Å². The topological polar surface area (TPSA) is 62.3 Å². The summed E-state index contributed by atoms with van der Waals surface area (Å²) >= 11 is 0. The van der Waals surface area contributed by atoms with E-state index in [1.807, 2.05) is 26.0 Å². The van der Waals surface area contributed by atoms with Gasteiger partial charge in [-0.15, -0.1) is 0 Å². The monoisotopic (exact) mass is 275 g/mol. The van der Waals surface area contributed by atoms with Crippen LogP contribution in [0.15, 0.2) is 24.5 Å². The second kappa shape index (κ2) is 6.03. The maximum absolute atomic E-state index is 12.4. The normalized spacial score (nSPS) is 24.4. The first kappa shape index (κ1) is 14.5. The second-order valence-electron chi connectivity index (χ2n) is 5.39. The molecule has 108 valence electrons. The van der Waals surface area contributed by atoms with Gasteiger partial charge < -0.3 is 10.2 Å². The first-order chi connectivity index (χ1) is 9.54. The molecule has 5 nitrogen and oxygen atoms in total. The Kier molecular flexibility index (Phi) is 4.37. The van der Waals surface area contributed by atoms with E-state index in [0.29, 0.717) is 6.54 Å². The molecule has 0 radical (unpaired) electrons. The summed E-state index contributed by atoms with van der Waals surface area (Å²) in [6.45, 7) is 6.19. The number of hydrogen-bond acceptors (Lipinski definition) is 3. The van der Waals surface area contributed by atoms with Gasteiger partial charge in [0.2, 0.25) is 11.8 Å². The Bertz CT molecular complexity index is 489. The number of piperazine rings is 1. The Labute approximate surface area is 119 Å². The lowest BCUT2D eigenvalue weighted by atomic mass is 9.93. The maximum atomic E-state index is 12.4. The van der Waals surface area contributed by atoms with Crippen LogP contribution in [0.25, 0.3) is 0 Å². The first-order valence-corrected chi connectivity index (χ1v) is 7.04. The Balaban J connectivity index is 2.27. The van der Waals surface area contributed by atoms with Crippen molar-refractivity contribution < 1.29 is 9.59 Å². The summed E-state index contributed by atoms with van der Waals surface area (Å²) in [4.78, 5) is 30.4. The number of hydrogen-bond donors (Lipinski definition) is 1. The van der Waals surface area contributed by atoms with Crippen molar-refractivity contribution in [1.82, 2.24) is 15.2 Å². The minimum absolute atomic E-state index is 0.0289. The minimum atomic E-state index is -0.459. The smallest absolute Gasteiger partial charge is 0.245 e. The van der Waals surface area contributed by atoms with Crippen LogP contribution in [0, 0.1) is 5.92 Å². The van der Waals surface area contributed by atoms with Gasteiger partial charge >= 0.3 is 0 Å². The summed E-state index contributed by atoms with van der Waals surface area (Å²) in [5, 5.41) is 2.76. The van der Waals surface area contributed by atoms with E-state index in [1.165, 1.54) is 0 Å². The molecule has 1 aliphatic heterocycles. The van der Waals surface area contributed by atoms with Gasteiger partial charge in [0.05, 0.1) is 0 Å². The number of aromatic nitrogens is 1. The van der Waals surface area contributed by atoms with Crippen molar-refractivity contribution in [2.24, 2.45) is 5.92 Å². The Morgan fingerprint density at radius 2 is 2.20 bits per heavy atom. The third-order valence-electron chi connectivity index (χ3n) is 3.88. The summed E-state index contributed by atoms with van der Waals surface area (Å²) in [6, 6.07) is 2.90. The fraction of sp³-hybridized carbons (Fsp3) is 0.533. The van der Waals surface area contributed by atoms with E-state index in [9.17, 15) is 9.59 Å². The highest BCUT2D eigenvalue weighted by Crippen LogP contribution is 2.22. The standard InChI is InChI=1S/C15H21N3O2/c1-4-10(2)13-14(19)17-11(3)15(20)18(13)9-12-6-5-7-16-8-12/h5-8,10-11,13H,4,9H2,1-3H3,(H,17,19). The van der Waals surface area contributed by atoms with Gasteiger partial charge in [0, 0.05) is 18.9 Å². The molecule has 1 aliphatic rings. The van der Waals surface area contributed by atoms with Gasteiger partial charge in [0.15, 0.2) is 0 Å². The molecule has 5 heteroatoms. The molecule has 1 aromatic rings. The summed E-state index contributed by atoms with van der Waals surface area (Å²) in [7, 11) is 0. The van der Waals surface area contributed by atoms with Gasteiger partial charge in [-0.05, 0) is 24.5 Å². The lowest BCUT2D eigenvalue weighted by Gasteiger charge is -2.40. The molecular formula is C15H21N3O2. The van der Waals surface area contributed by atoms with Crippen LogP contribution in [-0.4, -0.2) is 33.8 Å². The van der Waals surface area contributed by atoms with E-state index in [-0.39, 0.29) is 17.7 Å². The van der Waals surface area contributed by atoms with Gasteiger partial charge in [-0.1, -0.05) is 26.3 Å². The van der Waals surface area contributed by atoms with E-state index in [1.54, 1.807) is 24.2 Å². The average molecular weight is 275 g/mol. The Morgan fingerprint density at radius 3 is 2.80 bits per heavy atom. The number of carbonyl (C=O) groups is 2. The quantitative estimate of drug-likeness (QED) is 0.902. The third kappa shape index (κ3) is 2.81. The van der Waals surface area contributed by atoms with Crippen LogP contribution in [-0.2, 0) is 16.1 Å². The summed E-state index contributed by atoms with van der Waals surface area (Å²) in [6.07, 6.45) is 4.28. The number of amides is 2. The van der Waals surface area contributed by atoms with Crippen LogP contribution >= 0.6 is 0 Å². The molecule has 3 unspecified atom stereocenters. The Hall–Kier alpha value is -1.91. The fourth-order valence-electron chi connectivity index (χ4n) is 2.54. The molecule has 1 aromatic heterocycles. The van der Waals surface area contributed by atoms with E-state index in [2.05, 4.69) is 10.3 Å². The molecule has 1 saturated heterocycles. The minimum Gasteiger partial charge on any atom is -0.343 e. The molecule has 0 aliphatic carbocycles. The van der Waals surface area contributed by atoms with Crippen LogP contribution in [0.3, 0.4) is 0 Å². The van der Waals surface area contributed by atoms with E-state index in [4.69, 9.17) is 0 Å². The molecule has 2 amide bonds. The second-order valence-corrected chi connectivity index (χ2v) is 5.39. The highest BCUT2D eigenvalue weighted by Gasteiger charge is 2.40. The Morgan fingerprint density at radius 1 is 1.45 bits per heavy atom. The largest absolute Gasteiger partial charge is 0.343 e. The number of pyridine rings is 1. The van der Waals surface area contributed by atoms with E-state index >= 15 is 0 Å². The molecule has 0 saturated carbocycles. The summed E-state index contributed by atoms with van der Waals surface area (Å²) in [5.74, 6) is 0.0391. The molecule has 0 bridgehead atoms. The van der Waals surface area contributed by atoms with E-state index < -0.39 is 12.1 Å². The number of nitrogens with one attached hydrogen (secondary N) is 1. The molecule has 0 aromatic carbocycles. The zero-order valence-electron chi connectivity index (χ0n) is 12.2. The average Bonchev–Trinajstić information content (AvgIpc) is 2.45. The van der Waals surface area contributed by atoms with Crippen LogP contribution < -0.4 is 5.32 Å². The maximum Gasteiger partial charge on any atom is 0.245 e. The van der Waals surface area contributed by atoms with Crippen LogP contribution in [0.2, 0.25) is 0 Å². The lowest BCUT2D eigenvalue weighted by Crippen LogP contribution is -2.63. The number of nitrogens with zero attached hydrogens (tertiary/aromatic N) is 2. The fourth-order valence-corrected chi connectivity index (χ4v) is 2.54. The van der Waals surface area contributed by atoms with Crippen molar-refractivity contribution in [3.05, 3.63) is 30.1 Å². The highest BCUT2D eigenvalue weighted by atomic mass is 16.2. The van der Waals surface area contributed by atoms with Crippen molar-refractivity contribution in [3.63, 3.8) is 0 Å². The van der Waals surface area contributed by atoms with Crippen LogP contribution in [0.5, 0.6) is 0 Å². The van der Waals surface area contributed by atoms with Crippen molar-refractivity contribution in [2.75, 3.05) is 0 Å². The van der Waals surface area contributed by atoms with Gasteiger partial charge in [-0.3, -0.25) is 14.6 Å². The predicted molar refractivity (Wildman–Crippen MR) is 75.6 cm³/mol. The molecule has 1 N–H and O–H groups in total. The first-order valence-electron chi connectivity index (χ1n) is 7.04. The molecule has 2 heterocycles. The number of carbonyl (C=O) groups excluding carboxylic acids is 2. The van der Waals surface area contributed by atoms with Crippen molar-refractivity contribution in [3.8, 4) is 0 Å². The zero-order chi connectivity index (χ0) is 14.7. The number of rotatable bonds is 4. The third-order valence-corrected chi connectivity index (χ3v) is 3.88. The lowest BCUT2D eigenvalue weighted by molar-refractivity contribution is -0.151. The van der Waals surface area contributed by atoms with Gasteiger partial charge in [0.25, 0.3) is 0 Å². The van der Waals surface area contributed by atoms with Gasteiger partial charge in [0.1, 0.15) is 12.1 Å². The zero-order valence-corrected chi connectivity index (χ0v) is 12.2. The molecule has 20 heavy (non-hydrogen) atoms. The van der Waals surface area contributed by atoms with E-state index in [0.717, 1.165) is 12.0 Å². The van der Waals surface area contributed by atoms with Crippen molar-refractivity contribution in [1.29, 1.82) is 0 Å². The molecule has 0 spiro atoms. The van der Waals surface area contributed by atoms with Crippen LogP contribution in [0.4, 0.5) is 0 Å². The molecular weight excluding hydrogens is 254 g/mol. The summed E-state index contributed by atoms with van der Waals surface area (Å²) in [5.41, 5.74) is 0.941. The molecule has 2 rings (SSSR count). The summed E-state index contributed by atoms with van der Waals surface area (Å²) < 4.78 is 0. The predicted octanol–water partition coefficient (Wildman–Crippen LogP) is 1.34. The van der Waals surface area contributed by atoms with Gasteiger partial charge in [-0.25, -0.2) is 0 Å². The van der Waals surface area contributed by atoms with Gasteiger partial charge in [-0.2, -0.15) is 0 Å². The highest BCUT2D eigenvalue weighted by molar-refractivity contribution is 5.96. The molecule has 1 fully saturated rings. The molecule has 3 atom stereocenters.